The fourth-order valence-corrected chi connectivity index (χ4v) is 4.67. The third kappa shape index (κ3) is 3.85. The van der Waals surface area contributed by atoms with E-state index < -0.39 is 17.7 Å². The molecule has 3 aromatic rings. The lowest BCUT2D eigenvalue weighted by Gasteiger charge is -2.24. The van der Waals surface area contributed by atoms with Crippen molar-refractivity contribution in [2.45, 2.75) is 13.0 Å². The molecule has 2 heterocycles. The number of aliphatic hydroxyl groups excluding tert-OH is 1. The van der Waals surface area contributed by atoms with Crippen LogP contribution in [0.1, 0.15) is 23.4 Å². The molecule has 1 unspecified atom stereocenters. The van der Waals surface area contributed by atoms with Gasteiger partial charge in [-0.15, -0.1) is 11.3 Å². The molecule has 1 fully saturated rings. The lowest BCUT2D eigenvalue weighted by Crippen LogP contribution is -2.29. The molecule has 4 rings (SSSR count). The fourth-order valence-electron chi connectivity index (χ4n) is 3.64. The SMILES string of the molecule is CCOc1ccc(N2C(=O)C(=O)/C(=C(\O)c3cc(OC)ccc3Cl)C2c2cccs2)cc1. The molecule has 0 bridgehead atoms. The zero-order valence-electron chi connectivity index (χ0n) is 17.4. The van der Waals surface area contributed by atoms with Crippen LogP contribution in [0.4, 0.5) is 5.69 Å². The van der Waals surface area contributed by atoms with Gasteiger partial charge in [-0.05, 0) is 60.8 Å². The first-order valence-electron chi connectivity index (χ1n) is 9.87. The molecular formula is C24H20ClNO5S. The van der Waals surface area contributed by atoms with E-state index in [2.05, 4.69) is 0 Å². The van der Waals surface area contributed by atoms with Crippen LogP contribution in [0.15, 0.2) is 65.6 Å². The van der Waals surface area contributed by atoms with E-state index in [0.717, 1.165) is 4.88 Å². The van der Waals surface area contributed by atoms with E-state index in [1.807, 2.05) is 24.4 Å². The number of halogens is 1. The highest BCUT2D eigenvalue weighted by atomic mass is 35.5. The monoisotopic (exact) mass is 469 g/mol. The van der Waals surface area contributed by atoms with Crippen molar-refractivity contribution in [2.75, 3.05) is 18.6 Å². The molecule has 1 aliphatic rings. The van der Waals surface area contributed by atoms with Gasteiger partial charge >= 0.3 is 0 Å². The number of nitrogens with zero attached hydrogens (tertiary/aromatic N) is 1. The summed E-state index contributed by atoms with van der Waals surface area (Å²) in [7, 11) is 1.49. The van der Waals surface area contributed by atoms with Crippen LogP contribution in [-0.4, -0.2) is 30.5 Å². The first kappa shape index (κ1) is 21.9. The maximum atomic E-state index is 13.1. The molecule has 6 nitrogen and oxygen atoms in total. The minimum absolute atomic E-state index is 0.0264. The lowest BCUT2D eigenvalue weighted by molar-refractivity contribution is -0.132. The topological polar surface area (TPSA) is 76.1 Å². The molecule has 0 saturated carbocycles. The summed E-state index contributed by atoms with van der Waals surface area (Å²) in [6.45, 7) is 2.40. The Morgan fingerprint density at radius 1 is 1.12 bits per heavy atom. The van der Waals surface area contributed by atoms with Gasteiger partial charge in [0.05, 0.1) is 24.3 Å². The van der Waals surface area contributed by atoms with Gasteiger partial charge in [0, 0.05) is 16.1 Å². The van der Waals surface area contributed by atoms with Crippen LogP contribution in [0.3, 0.4) is 0 Å². The standard InChI is InChI=1S/C24H20ClNO5S/c1-3-31-15-8-6-14(7-9-15)26-21(19-5-4-12-32-19)20(23(28)24(26)29)22(27)17-13-16(30-2)10-11-18(17)25/h4-13,21,27H,3H2,1-2H3/b22-20-. The van der Waals surface area contributed by atoms with E-state index in [9.17, 15) is 14.7 Å². The molecule has 164 valence electrons. The summed E-state index contributed by atoms with van der Waals surface area (Å²) in [4.78, 5) is 28.4. The summed E-state index contributed by atoms with van der Waals surface area (Å²) in [5.74, 6) is -0.742. The molecule has 1 N–H and O–H groups in total. The number of amides is 1. The van der Waals surface area contributed by atoms with Crippen LogP contribution < -0.4 is 14.4 Å². The average molecular weight is 470 g/mol. The Balaban J connectivity index is 1.88. The number of hydrogen-bond donors (Lipinski definition) is 1. The number of aliphatic hydroxyl groups is 1. The molecule has 1 amide bonds. The van der Waals surface area contributed by atoms with E-state index in [0.29, 0.717) is 23.8 Å². The highest BCUT2D eigenvalue weighted by Crippen LogP contribution is 2.44. The van der Waals surface area contributed by atoms with Gasteiger partial charge in [0.15, 0.2) is 0 Å². The van der Waals surface area contributed by atoms with Crippen molar-refractivity contribution >= 4 is 46.1 Å². The number of Topliss-reactive ketones (excluding diaryl/α,β-unsaturated/α-hetero) is 1. The van der Waals surface area contributed by atoms with Crippen molar-refractivity contribution in [2.24, 2.45) is 0 Å². The molecule has 1 aromatic heterocycles. The number of anilines is 1. The minimum atomic E-state index is -0.796. The van der Waals surface area contributed by atoms with Crippen LogP contribution in [-0.2, 0) is 9.59 Å². The molecule has 1 atom stereocenters. The fraction of sp³-hybridized carbons (Fsp3) is 0.167. The molecule has 0 radical (unpaired) electrons. The molecule has 8 heteroatoms. The summed E-state index contributed by atoms with van der Waals surface area (Å²) in [6.07, 6.45) is 0. The number of thiophene rings is 1. The maximum absolute atomic E-state index is 13.1. The minimum Gasteiger partial charge on any atom is -0.507 e. The van der Waals surface area contributed by atoms with E-state index in [-0.39, 0.29) is 21.9 Å². The number of ketones is 1. The zero-order chi connectivity index (χ0) is 22.8. The van der Waals surface area contributed by atoms with Gasteiger partial charge in [0.25, 0.3) is 11.7 Å². The number of hydrogen-bond acceptors (Lipinski definition) is 6. The summed E-state index contributed by atoms with van der Waals surface area (Å²) < 4.78 is 10.7. The Kier molecular flexibility index (Phi) is 6.21. The number of methoxy groups -OCH3 is 1. The highest BCUT2D eigenvalue weighted by molar-refractivity contribution is 7.10. The van der Waals surface area contributed by atoms with Crippen molar-refractivity contribution < 1.29 is 24.2 Å². The van der Waals surface area contributed by atoms with E-state index >= 15 is 0 Å². The van der Waals surface area contributed by atoms with Gasteiger partial charge in [0.2, 0.25) is 0 Å². The summed E-state index contributed by atoms with van der Waals surface area (Å²) in [5, 5.41) is 13.3. The highest BCUT2D eigenvalue weighted by Gasteiger charge is 2.47. The van der Waals surface area contributed by atoms with Gasteiger partial charge in [-0.1, -0.05) is 17.7 Å². The van der Waals surface area contributed by atoms with Gasteiger partial charge in [-0.25, -0.2) is 0 Å². The van der Waals surface area contributed by atoms with Crippen molar-refractivity contribution in [1.82, 2.24) is 0 Å². The largest absolute Gasteiger partial charge is 0.507 e. The number of carbonyl (C=O) groups excluding carboxylic acids is 2. The first-order valence-corrected chi connectivity index (χ1v) is 11.1. The quantitative estimate of drug-likeness (QED) is 0.296. The Labute approximate surface area is 194 Å². The third-order valence-electron chi connectivity index (χ3n) is 5.11. The molecule has 0 spiro atoms. The predicted octanol–water partition coefficient (Wildman–Crippen LogP) is 5.44. The van der Waals surface area contributed by atoms with Crippen molar-refractivity contribution in [3.63, 3.8) is 0 Å². The third-order valence-corrected chi connectivity index (χ3v) is 6.37. The lowest BCUT2D eigenvalue weighted by atomic mass is 9.99. The second-order valence-electron chi connectivity index (χ2n) is 6.96. The maximum Gasteiger partial charge on any atom is 0.300 e. The summed E-state index contributed by atoms with van der Waals surface area (Å²) in [5.41, 5.74) is 0.712. The van der Waals surface area contributed by atoms with Crippen LogP contribution in [0.5, 0.6) is 11.5 Å². The molecule has 32 heavy (non-hydrogen) atoms. The number of carbonyl (C=O) groups is 2. The van der Waals surface area contributed by atoms with Crippen LogP contribution >= 0.6 is 22.9 Å². The normalized spacial score (nSPS) is 17.6. The Morgan fingerprint density at radius 3 is 2.47 bits per heavy atom. The average Bonchev–Trinajstić information content (AvgIpc) is 3.42. The van der Waals surface area contributed by atoms with Crippen molar-refractivity contribution in [3.8, 4) is 11.5 Å². The Hall–Kier alpha value is -3.29. The number of benzene rings is 2. The van der Waals surface area contributed by atoms with E-state index in [4.69, 9.17) is 21.1 Å². The second-order valence-corrected chi connectivity index (χ2v) is 8.34. The second kappa shape index (κ2) is 9.06. The van der Waals surface area contributed by atoms with E-state index in [1.165, 1.54) is 29.4 Å². The molecular weight excluding hydrogens is 450 g/mol. The number of rotatable bonds is 6. The zero-order valence-corrected chi connectivity index (χ0v) is 18.9. The summed E-state index contributed by atoms with van der Waals surface area (Å²) in [6, 6.07) is 14.5. The van der Waals surface area contributed by atoms with Gasteiger partial charge in [-0.2, -0.15) is 0 Å². The van der Waals surface area contributed by atoms with E-state index in [1.54, 1.807) is 36.4 Å². The molecule has 2 aromatic carbocycles. The van der Waals surface area contributed by atoms with Gasteiger partial charge < -0.3 is 14.6 Å². The first-order chi connectivity index (χ1) is 15.5. The van der Waals surface area contributed by atoms with Gasteiger partial charge in [-0.3, -0.25) is 14.5 Å². The molecule has 1 aliphatic heterocycles. The molecule has 1 saturated heterocycles. The molecule has 0 aliphatic carbocycles. The van der Waals surface area contributed by atoms with Crippen LogP contribution in [0.25, 0.3) is 5.76 Å². The van der Waals surface area contributed by atoms with Crippen molar-refractivity contribution in [1.29, 1.82) is 0 Å². The van der Waals surface area contributed by atoms with Crippen molar-refractivity contribution in [3.05, 3.63) is 81.0 Å². The van der Waals surface area contributed by atoms with Gasteiger partial charge in [0.1, 0.15) is 23.3 Å². The Morgan fingerprint density at radius 2 is 1.84 bits per heavy atom. The summed E-state index contributed by atoms with van der Waals surface area (Å²) >= 11 is 7.70. The predicted molar refractivity (Wildman–Crippen MR) is 125 cm³/mol. The van der Waals surface area contributed by atoms with Crippen LogP contribution in [0.2, 0.25) is 5.02 Å². The van der Waals surface area contributed by atoms with Crippen LogP contribution in [0, 0.1) is 0 Å². The Bertz CT molecular complexity index is 1190. The number of ether oxygens (including phenoxy) is 2. The smallest absolute Gasteiger partial charge is 0.300 e.